The van der Waals surface area contributed by atoms with Crippen LogP contribution in [0.15, 0.2) is 41.8 Å². The average Bonchev–Trinajstić information content (AvgIpc) is 3.21. The van der Waals surface area contributed by atoms with Gasteiger partial charge in [0, 0.05) is 19.1 Å². The molecule has 0 amide bonds. The quantitative estimate of drug-likeness (QED) is 0.774. The van der Waals surface area contributed by atoms with Crippen molar-refractivity contribution in [3.05, 3.63) is 42.5 Å². The predicted molar refractivity (Wildman–Crippen MR) is 76.3 cm³/mol. The first kappa shape index (κ1) is 14.2. The molecule has 1 N–H and O–H groups in total. The zero-order chi connectivity index (χ0) is 13.9. The van der Waals surface area contributed by atoms with Crippen molar-refractivity contribution >= 4 is 10.0 Å². The lowest BCUT2D eigenvalue weighted by atomic mass is 10.2. The van der Waals surface area contributed by atoms with Gasteiger partial charge in [-0.1, -0.05) is 24.3 Å². The molecule has 5 heteroatoms. The Labute approximate surface area is 115 Å². The van der Waals surface area contributed by atoms with E-state index in [1.54, 1.807) is 22.5 Å². The zero-order valence-electron chi connectivity index (χ0n) is 11.2. The summed E-state index contributed by atoms with van der Waals surface area (Å²) in [5.41, 5.74) is 0.805. The number of nitrogens with one attached hydrogen (secondary N) is 1. The molecule has 1 fully saturated rings. The standard InChI is InChI=1S/C14H20N2O2S/c1-3-10-16(13-8-9-13)19(17,18)14-7-5-4-6-12(14)11-15-2/h3-7,13,15H,1,8-11H2,2H3. The van der Waals surface area contributed by atoms with Crippen LogP contribution in [0.25, 0.3) is 0 Å². The summed E-state index contributed by atoms with van der Waals surface area (Å²) < 4.78 is 27.1. The largest absolute Gasteiger partial charge is 0.316 e. The Balaban J connectivity index is 2.39. The van der Waals surface area contributed by atoms with Gasteiger partial charge in [0.25, 0.3) is 0 Å². The summed E-state index contributed by atoms with van der Waals surface area (Å²) in [5.74, 6) is 0. The van der Waals surface area contributed by atoms with Crippen molar-refractivity contribution in [3.8, 4) is 0 Å². The average molecular weight is 280 g/mol. The van der Waals surface area contributed by atoms with Gasteiger partial charge in [0.1, 0.15) is 0 Å². The van der Waals surface area contributed by atoms with Crippen LogP contribution < -0.4 is 5.32 Å². The number of hydrogen-bond acceptors (Lipinski definition) is 3. The van der Waals surface area contributed by atoms with Crippen LogP contribution in [0.5, 0.6) is 0 Å². The molecule has 104 valence electrons. The van der Waals surface area contributed by atoms with Gasteiger partial charge in [-0.2, -0.15) is 4.31 Å². The third-order valence-electron chi connectivity index (χ3n) is 3.19. The van der Waals surface area contributed by atoms with E-state index < -0.39 is 10.0 Å². The van der Waals surface area contributed by atoms with Gasteiger partial charge in [-0.3, -0.25) is 0 Å². The minimum absolute atomic E-state index is 0.144. The SMILES string of the molecule is C=CCN(C1CC1)S(=O)(=O)c1ccccc1CNC. The molecule has 1 aromatic carbocycles. The van der Waals surface area contributed by atoms with Crippen LogP contribution in [0, 0.1) is 0 Å². The third kappa shape index (κ3) is 3.05. The van der Waals surface area contributed by atoms with Gasteiger partial charge < -0.3 is 5.32 Å². The zero-order valence-corrected chi connectivity index (χ0v) is 12.0. The minimum Gasteiger partial charge on any atom is -0.316 e. The Morgan fingerprint density at radius 3 is 2.68 bits per heavy atom. The van der Waals surface area contributed by atoms with Crippen molar-refractivity contribution in [2.24, 2.45) is 0 Å². The van der Waals surface area contributed by atoms with Crippen LogP contribution in [0.3, 0.4) is 0 Å². The number of sulfonamides is 1. The molecule has 0 saturated heterocycles. The number of rotatable bonds is 7. The maximum absolute atomic E-state index is 12.7. The van der Waals surface area contributed by atoms with Crippen molar-refractivity contribution < 1.29 is 8.42 Å². The molecule has 1 saturated carbocycles. The van der Waals surface area contributed by atoms with Crippen molar-refractivity contribution in [2.75, 3.05) is 13.6 Å². The molecule has 0 unspecified atom stereocenters. The predicted octanol–water partition coefficient (Wildman–Crippen LogP) is 1.75. The monoisotopic (exact) mass is 280 g/mol. The summed E-state index contributed by atoms with van der Waals surface area (Å²) >= 11 is 0. The van der Waals surface area contributed by atoms with E-state index in [-0.39, 0.29) is 6.04 Å². The Hall–Kier alpha value is -1.17. The molecule has 2 rings (SSSR count). The second-order valence-electron chi connectivity index (χ2n) is 4.73. The number of hydrogen-bond donors (Lipinski definition) is 1. The Kier molecular flexibility index (Phi) is 4.39. The maximum atomic E-state index is 12.7. The second-order valence-corrected chi connectivity index (χ2v) is 6.59. The lowest BCUT2D eigenvalue weighted by Gasteiger charge is -2.22. The smallest absolute Gasteiger partial charge is 0.243 e. The molecule has 1 aliphatic carbocycles. The first-order valence-corrected chi connectivity index (χ1v) is 7.90. The molecule has 0 spiro atoms. The summed E-state index contributed by atoms with van der Waals surface area (Å²) in [7, 11) is -1.62. The molecule has 0 atom stereocenters. The van der Waals surface area contributed by atoms with Gasteiger partial charge in [-0.05, 0) is 31.5 Å². The summed E-state index contributed by atoms with van der Waals surface area (Å²) in [6.07, 6.45) is 3.54. The van der Waals surface area contributed by atoms with Crippen LogP contribution in [0.1, 0.15) is 18.4 Å². The van der Waals surface area contributed by atoms with E-state index in [4.69, 9.17) is 0 Å². The molecule has 1 aliphatic rings. The topological polar surface area (TPSA) is 49.4 Å². The Bertz CT molecular complexity index is 550. The first-order valence-electron chi connectivity index (χ1n) is 6.46. The van der Waals surface area contributed by atoms with Gasteiger partial charge in [-0.15, -0.1) is 6.58 Å². The molecule has 4 nitrogen and oxygen atoms in total. The second kappa shape index (κ2) is 5.86. The summed E-state index contributed by atoms with van der Waals surface area (Å²) in [4.78, 5) is 0.401. The van der Waals surface area contributed by atoms with Crippen molar-refractivity contribution in [1.29, 1.82) is 0 Å². The van der Waals surface area contributed by atoms with Crippen molar-refractivity contribution in [3.63, 3.8) is 0 Å². The highest BCUT2D eigenvalue weighted by Gasteiger charge is 2.37. The van der Waals surface area contributed by atoms with E-state index >= 15 is 0 Å². The molecule has 0 aliphatic heterocycles. The Morgan fingerprint density at radius 2 is 2.11 bits per heavy atom. The molecule has 0 bridgehead atoms. The van der Waals surface area contributed by atoms with Crippen LogP contribution in [-0.4, -0.2) is 32.4 Å². The lowest BCUT2D eigenvalue weighted by molar-refractivity contribution is 0.435. The van der Waals surface area contributed by atoms with Gasteiger partial charge in [0.2, 0.25) is 10.0 Å². The fourth-order valence-corrected chi connectivity index (χ4v) is 4.03. The van der Waals surface area contributed by atoms with Crippen molar-refractivity contribution in [1.82, 2.24) is 9.62 Å². The van der Waals surface area contributed by atoms with E-state index in [1.165, 1.54) is 0 Å². The van der Waals surface area contributed by atoms with E-state index in [0.29, 0.717) is 18.0 Å². The fourth-order valence-electron chi connectivity index (χ4n) is 2.15. The van der Waals surface area contributed by atoms with Crippen molar-refractivity contribution in [2.45, 2.75) is 30.3 Å². The van der Waals surface area contributed by atoms with E-state index in [1.807, 2.05) is 19.2 Å². The van der Waals surface area contributed by atoms with Crippen LogP contribution in [0.4, 0.5) is 0 Å². The molecular weight excluding hydrogens is 260 g/mol. The first-order chi connectivity index (χ1) is 9.11. The van der Waals surface area contributed by atoms with Crippen LogP contribution in [-0.2, 0) is 16.6 Å². The highest BCUT2D eigenvalue weighted by molar-refractivity contribution is 7.89. The fraction of sp³-hybridized carbons (Fsp3) is 0.429. The van der Waals surface area contributed by atoms with E-state index in [9.17, 15) is 8.42 Å². The highest BCUT2D eigenvalue weighted by atomic mass is 32.2. The molecule has 19 heavy (non-hydrogen) atoms. The molecule has 0 heterocycles. The van der Waals surface area contributed by atoms with Crippen LogP contribution >= 0.6 is 0 Å². The maximum Gasteiger partial charge on any atom is 0.243 e. The normalized spacial score (nSPS) is 15.7. The Morgan fingerprint density at radius 1 is 1.42 bits per heavy atom. The van der Waals surface area contributed by atoms with Gasteiger partial charge >= 0.3 is 0 Å². The van der Waals surface area contributed by atoms with E-state index in [2.05, 4.69) is 11.9 Å². The lowest BCUT2D eigenvalue weighted by Crippen LogP contribution is -2.34. The minimum atomic E-state index is -3.43. The van der Waals surface area contributed by atoms with Gasteiger partial charge in [0.05, 0.1) is 4.90 Å². The molecule has 0 radical (unpaired) electrons. The summed E-state index contributed by atoms with van der Waals surface area (Å²) in [6, 6.07) is 7.31. The molecular formula is C14H20N2O2S. The molecule has 0 aromatic heterocycles. The molecule has 1 aromatic rings. The highest BCUT2D eigenvalue weighted by Crippen LogP contribution is 2.32. The third-order valence-corrected chi connectivity index (χ3v) is 5.21. The van der Waals surface area contributed by atoms with Gasteiger partial charge in [0.15, 0.2) is 0 Å². The van der Waals surface area contributed by atoms with Gasteiger partial charge in [-0.25, -0.2) is 8.42 Å². The number of nitrogens with zero attached hydrogens (tertiary/aromatic N) is 1. The van der Waals surface area contributed by atoms with Crippen LogP contribution in [0.2, 0.25) is 0 Å². The summed E-state index contributed by atoms with van der Waals surface area (Å²) in [5, 5.41) is 3.01. The van der Waals surface area contributed by atoms with E-state index in [0.717, 1.165) is 18.4 Å². The number of benzene rings is 1. The summed E-state index contributed by atoms with van der Waals surface area (Å²) in [6.45, 7) is 4.58.